The van der Waals surface area contributed by atoms with Gasteiger partial charge in [0.25, 0.3) is 5.91 Å². The molecule has 1 saturated heterocycles. The van der Waals surface area contributed by atoms with Crippen LogP contribution in [-0.4, -0.2) is 42.1 Å². The topological polar surface area (TPSA) is 89.6 Å². The summed E-state index contributed by atoms with van der Waals surface area (Å²) in [7, 11) is 0. The monoisotopic (exact) mass is 463 g/mol. The van der Waals surface area contributed by atoms with Gasteiger partial charge in [0.05, 0.1) is 35.4 Å². The van der Waals surface area contributed by atoms with Gasteiger partial charge in [0.15, 0.2) is 0 Å². The third-order valence-corrected chi connectivity index (χ3v) is 6.86. The summed E-state index contributed by atoms with van der Waals surface area (Å²) in [6.07, 6.45) is 8.43. The number of nitrogens with zero attached hydrogens (tertiary/aromatic N) is 1. The van der Waals surface area contributed by atoms with Crippen molar-refractivity contribution >= 4 is 34.8 Å². The predicted molar refractivity (Wildman–Crippen MR) is 118 cm³/mol. The van der Waals surface area contributed by atoms with Crippen molar-refractivity contribution in [2.75, 3.05) is 13.2 Å². The van der Waals surface area contributed by atoms with Crippen molar-refractivity contribution in [3.8, 4) is 5.75 Å². The number of amides is 2. The van der Waals surface area contributed by atoms with Gasteiger partial charge in [-0.2, -0.15) is 0 Å². The number of hydrogen-bond donors (Lipinski definition) is 2. The van der Waals surface area contributed by atoms with E-state index in [2.05, 4.69) is 15.6 Å². The molecule has 31 heavy (non-hydrogen) atoms. The molecule has 1 aliphatic heterocycles. The smallest absolute Gasteiger partial charge is 0.262 e. The van der Waals surface area contributed by atoms with Gasteiger partial charge in [0.2, 0.25) is 5.91 Å². The van der Waals surface area contributed by atoms with E-state index >= 15 is 0 Å². The van der Waals surface area contributed by atoms with Gasteiger partial charge in [-0.25, -0.2) is 0 Å². The van der Waals surface area contributed by atoms with Crippen LogP contribution in [0.25, 0.3) is 0 Å². The predicted octanol–water partition coefficient (Wildman–Crippen LogP) is 3.57. The number of carbonyl (C=O) groups is 2. The molecule has 2 aliphatic rings. The SMILES string of the molecule is O=C(N[C@@H](CC1CCCC1)C(=O)NC1COC1)c1ccc(COc2cncc(Cl)c2)s1. The fourth-order valence-corrected chi connectivity index (χ4v) is 4.85. The summed E-state index contributed by atoms with van der Waals surface area (Å²) >= 11 is 7.27. The van der Waals surface area contributed by atoms with Gasteiger partial charge >= 0.3 is 0 Å². The van der Waals surface area contributed by atoms with Crippen LogP contribution in [-0.2, 0) is 16.1 Å². The highest BCUT2D eigenvalue weighted by Crippen LogP contribution is 2.29. The highest BCUT2D eigenvalue weighted by atomic mass is 35.5. The molecule has 0 unspecified atom stereocenters. The maximum Gasteiger partial charge on any atom is 0.262 e. The van der Waals surface area contributed by atoms with Crippen LogP contribution in [0.5, 0.6) is 5.75 Å². The van der Waals surface area contributed by atoms with Crippen LogP contribution in [0.1, 0.15) is 46.7 Å². The molecule has 2 N–H and O–H groups in total. The van der Waals surface area contributed by atoms with E-state index in [1.54, 1.807) is 18.3 Å². The van der Waals surface area contributed by atoms with Crippen LogP contribution < -0.4 is 15.4 Å². The van der Waals surface area contributed by atoms with Gasteiger partial charge in [0.1, 0.15) is 18.4 Å². The third kappa shape index (κ3) is 6.18. The molecular formula is C22H26ClN3O4S. The Morgan fingerprint density at radius 2 is 2.06 bits per heavy atom. The molecule has 7 nitrogen and oxygen atoms in total. The first kappa shape index (κ1) is 22.0. The van der Waals surface area contributed by atoms with E-state index in [-0.39, 0.29) is 17.9 Å². The number of aromatic nitrogens is 1. The second kappa shape index (κ2) is 10.4. The number of nitrogens with one attached hydrogen (secondary N) is 2. The first-order valence-electron chi connectivity index (χ1n) is 10.6. The van der Waals surface area contributed by atoms with E-state index in [1.807, 2.05) is 6.07 Å². The Morgan fingerprint density at radius 1 is 1.26 bits per heavy atom. The molecule has 2 fully saturated rings. The van der Waals surface area contributed by atoms with Crippen molar-refractivity contribution in [1.82, 2.24) is 15.6 Å². The number of ether oxygens (including phenoxy) is 2. The van der Waals surface area contributed by atoms with Gasteiger partial charge < -0.3 is 20.1 Å². The average Bonchev–Trinajstić information content (AvgIpc) is 3.40. The Morgan fingerprint density at radius 3 is 2.77 bits per heavy atom. The highest BCUT2D eigenvalue weighted by Gasteiger charge is 2.30. The molecule has 2 aromatic heterocycles. The summed E-state index contributed by atoms with van der Waals surface area (Å²) in [5.74, 6) is 0.693. The third-order valence-electron chi connectivity index (χ3n) is 5.60. The van der Waals surface area contributed by atoms with Crippen LogP contribution in [0.2, 0.25) is 5.02 Å². The minimum absolute atomic E-state index is 0.0435. The van der Waals surface area contributed by atoms with E-state index in [1.165, 1.54) is 30.4 Å². The molecule has 2 aromatic rings. The molecular weight excluding hydrogens is 438 g/mol. The van der Waals surface area contributed by atoms with Gasteiger partial charge in [-0.15, -0.1) is 11.3 Å². The summed E-state index contributed by atoms with van der Waals surface area (Å²) in [4.78, 5) is 31.1. The van der Waals surface area contributed by atoms with Gasteiger partial charge in [-0.1, -0.05) is 37.3 Å². The molecule has 0 radical (unpaired) electrons. The Hall–Kier alpha value is -2.16. The van der Waals surface area contributed by atoms with Crippen LogP contribution in [0.3, 0.4) is 0 Å². The zero-order valence-corrected chi connectivity index (χ0v) is 18.7. The molecule has 3 heterocycles. The van der Waals surface area contributed by atoms with Crippen molar-refractivity contribution in [1.29, 1.82) is 0 Å². The summed E-state index contributed by atoms with van der Waals surface area (Å²) in [6.45, 7) is 1.38. The summed E-state index contributed by atoms with van der Waals surface area (Å²) in [5, 5.41) is 6.45. The molecule has 1 saturated carbocycles. The van der Waals surface area contributed by atoms with Crippen LogP contribution in [0.15, 0.2) is 30.6 Å². The summed E-state index contributed by atoms with van der Waals surface area (Å²) in [6, 6.07) is 4.82. The zero-order valence-electron chi connectivity index (χ0n) is 17.1. The Labute approximate surface area is 190 Å². The van der Waals surface area contributed by atoms with Crippen molar-refractivity contribution in [3.63, 3.8) is 0 Å². The molecule has 0 spiro atoms. The number of halogens is 1. The standard InChI is InChI=1S/C22H26ClN3O4S/c23-15-8-17(10-24-9-15)30-13-18-5-6-20(31-18)22(28)26-19(7-14-3-1-2-4-14)21(27)25-16-11-29-12-16/h5-6,8-10,14,16,19H,1-4,7,11-13H2,(H,25,27)(H,26,28)/t19-/m0/s1. The molecule has 9 heteroatoms. The molecule has 1 aliphatic carbocycles. The average molecular weight is 464 g/mol. The first-order chi connectivity index (χ1) is 15.1. The first-order valence-corrected chi connectivity index (χ1v) is 11.8. The second-order valence-electron chi connectivity index (χ2n) is 8.05. The number of thiophene rings is 1. The zero-order chi connectivity index (χ0) is 21.6. The fraction of sp³-hybridized carbons (Fsp3) is 0.500. The number of carbonyl (C=O) groups excluding carboxylic acids is 2. The number of pyridine rings is 1. The fourth-order valence-electron chi connectivity index (χ4n) is 3.86. The lowest BCUT2D eigenvalue weighted by atomic mass is 9.97. The minimum atomic E-state index is -0.532. The molecule has 0 bridgehead atoms. The molecule has 2 amide bonds. The Kier molecular flexibility index (Phi) is 7.42. The Bertz CT molecular complexity index is 912. The lowest BCUT2D eigenvalue weighted by Gasteiger charge is -2.29. The van der Waals surface area contributed by atoms with Gasteiger partial charge in [0, 0.05) is 17.1 Å². The van der Waals surface area contributed by atoms with Crippen LogP contribution >= 0.6 is 22.9 Å². The van der Waals surface area contributed by atoms with Gasteiger partial charge in [-0.3, -0.25) is 14.6 Å². The second-order valence-corrected chi connectivity index (χ2v) is 9.65. The lowest BCUT2D eigenvalue weighted by Crippen LogP contribution is -2.55. The van der Waals surface area contributed by atoms with E-state index in [0.29, 0.717) is 47.8 Å². The number of rotatable bonds is 9. The minimum Gasteiger partial charge on any atom is -0.486 e. The van der Waals surface area contributed by atoms with Crippen LogP contribution in [0, 0.1) is 5.92 Å². The summed E-state index contributed by atoms with van der Waals surface area (Å²) < 4.78 is 10.8. The highest BCUT2D eigenvalue weighted by molar-refractivity contribution is 7.14. The van der Waals surface area contributed by atoms with Crippen molar-refractivity contribution in [2.24, 2.45) is 5.92 Å². The van der Waals surface area contributed by atoms with Crippen molar-refractivity contribution in [3.05, 3.63) is 45.4 Å². The van der Waals surface area contributed by atoms with E-state index in [0.717, 1.165) is 17.7 Å². The Balaban J connectivity index is 1.35. The van der Waals surface area contributed by atoms with E-state index in [4.69, 9.17) is 21.1 Å². The van der Waals surface area contributed by atoms with Gasteiger partial charge in [-0.05, 0) is 24.5 Å². The maximum atomic E-state index is 12.9. The van der Waals surface area contributed by atoms with E-state index < -0.39 is 6.04 Å². The number of hydrogen-bond acceptors (Lipinski definition) is 6. The molecule has 166 valence electrons. The van der Waals surface area contributed by atoms with Crippen molar-refractivity contribution in [2.45, 2.75) is 50.8 Å². The molecule has 0 aromatic carbocycles. The normalized spacial score (nSPS) is 17.7. The quantitative estimate of drug-likeness (QED) is 0.593. The van der Waals surface area contributed by atoms with E-state index in [9.17, 15) is 9.59 Å². The largest absolute Gasteiger partial charge is 0.486 e. The molecule has 4 rings (SSSR count). The van der Waals surface area contributed by atoms with Crippen molar-refractivity contribution < 1.29 is 19.1 Å². The maximum absolute atomic E-state index is 12.9. The molecule has 1 atom stereocenters. The summed E-state index contributed by atoms with van der Waals surface area (Å²) in [5.41, 5.74) is 0. The van der Waals surface area contributed by atoms with Crippen LogP contribution in [0.4, 0.5) is 0 Å². The lowest BCUT2D eigenvalue weighted by molar-refractivity contribution is -0.127.